The highest BCUT2D eigenvalue weighted by Gasteiger charge is 2.09. The van der Waals surface area contributed by atoms with Crippen molar-refractivity contribution in [2.75, 3.05) is 0 Å². The molecule has 0 atom stereocenters. The lowest BCUT2D eigenvalue weighted by Crippen LogP contribution is -1.78. The molecule has 0 aliphatic carbocycles. The van der Waals surface area contributed by atoms with E-state index in [-0.39, 0.29) is 0 Å². The molecule has 0 bridgehead atoms. The van der Waals surface area contributed by atoms with E-state index in [0.717, 1.165) is 16.2 Å². The molecule has 0 spiro atoms. The molecule has 3 nitrogen and oxygen atoms in total. The summed E-state index contributed by atoms with van der Waals surface area (Å²) >= 11 is 1.71. The standard InChI is InChI=1S/C14H9N3S/c1-2-4-13-12(3-1)17-9-11(16-14(17)18-13)10-5-7-15-8-6-10/h1-9H. The maximum absolute atomic E-state index is 4.67. The summed E-state index contributed by atoms with van der Waals surface area (Å²) in [6.45, 7) is 0. The largest absolute Gasteiger partial charge is 0.290 e. The second-order valence-electron chi connectivity index (χ2n) is 4.08. The van der Waals surface area contributed by atoms with E-state index in [9.17, 15) is 0 Å². The predicted octanol–water partition coefficient (Wildman–Crippen LogP) is 3.61. The molecule has 3 aromatic heterocycles. The molecule has 4 heteroatoms. The van der Waals surface area contributed by atoms with Gasteiger partial charge >= 0.3 is 0 Å². The molecule has 0 saturated carbocycles. The van der Waals surface area contributed by atoms with Gasteiger partial charge in [0.1, 0.15) is 0 Å². The summed E-state index contributed by atoms with van der Waals surface area (Å²) in [5.74, 6) is 0. The van der Waals surface area contributed by atoms with Gasteiger partial charge in [0, 0.05) is 24.2 Å². The molecule has 0 saturated heterocycles. The van der Waals surface area contributed by atoms with Gasteiger partial charge in [0.25, 0.3) is 0 Å². The Hall–Kier alpha value is -2.20. The summed E-state index contributed by atoms with van der Waals surface area (Å²) in [5, 5.41) is 0. The molecular weight excluding hydrogens is 242 g/mol. The van der Waals surface area contributed by atoms with Gasteiger partial charge in [-0.3, -0.25) is 9.38 Å². The fourth-order valence-corrected chi connectivity index (χ4v) is 3.12. The van der Waals surface area contributed by atoms with Gasteiger partial charge in [-0.05, 0) is 24.3 Å². The second-order valence-corrected chi connectivity index (χ2v) is 5.09. The molecule has 0 aliphatic rings. The predicted molar refractivity (Wildman–Crippen MR) is 73.8 cm³/mol. The lowest BCUT2D eigenvalue weighted by atomic mass is 10.2. The lowest BCUT2D eigenvalue weighted by Gasteiger charge is -1.93. The summed E-state index contributed by atoms with van der Waals surface area (Å²) in [4.78, 5) is 9.73. The van der Waals surface area contributed by atoms with Crippen molar-refractivity contribution >= 4 is 26.5 Å². The van der Waals surface area contributed by atoms with Crippen LogP contribution in [0.15, 0.2) is 55.0 Å². The number of rotatable bonds is 1. The quantitative estimate of drug-likeness (QED) is 0.517. The molecule has 1 aromatic carbocycles. The van der Waals surface area contributed by atoms with Gasteiger partial charge in [-0.2, -0.15) is 0 Å². The van der Waals surface area contributed by atoms with Crippen LogP contribution in [0.1, 0.15) is 0 Å². The van der Waals surface area contributed by atoms with E-state index in [1.54, 1.807) is 23.7 Å². The first kappa shape index (κ1) is 9.79. The Bertz CT molecular complexity index is 830. The number of hydrogen-bond acceptors (Lipinski definition) is 3. The fourth-order valence-electron chi connectivity index (χ4n) is 2.11. The third-order valence-electron chi connectivity index (χ3n) is 2.98. The molecule has 3 heterocycles. The highest BCUT2D eigenvalue weighted by molar-refractivity contribution is 7.23. The molecular formula is C14H9N3S. The van der Waals surface area contributed by atoms with Crippen molar-refractivity contribution in [1.82, 2.24) is 14.4 Å². The Labute approximate surface area is 107 Å². The molecule has 4 rings (SSSR count). The van der Waals surface area contributed by atoms with E-state index < -0.39 is 0 Å². The van der Waals surface area contributed by atoms with Crippen molar-refractivity contribution in [3.05, 3.63) is 55.0 Å². The van der Waals surface area contributed by atoms with Crippen molar-refractivity contribution < 1.29 is 0 Å². The number of nitrogens with zero attached hydrogens (tertiary/aromatic N) is 3. The SMILES string of the molecule is c1ccc2c(c1)sc1nc(-c3ccncc3)cn12. The van der Waals surface area contributed by atoms with E-state index >= 15 is 0 Å². The van der Waals surface area contributed by atoms with Crippen LogP contribution in [0.2, 0.25) is 0 Å². The number of benzene rings is 1. The lowest BCUT2D eigenvalue weighted by molar-refractivity contribution is 1.30. The molecule has 86 valence electrons. The van der Waals surface area contributed by atoms with Crippen LogP contribution >= 0.6 is 11.3 Å². The van der Waals surface area contributed by atoms with Crippen LogP contribution in [0.5, 0.6) is 0 Å². The third-order valence-corrected chi connectivity index (χ3v) is 4.01. The van der Waals surface area contributed by atoms with Gasteiger partial charge in [0.2, 0.25) is 0 Å². The zero-order valence-corrected chi connectivity index (χ0v) is 10.3. The van der Waals surface area contributed by atoms with Crippen LogP contribution in [0.25, 0.3) is 26.4 Å². The smallest absolute Gasteiger partial charge is 0.195 e. The molecule has 18 heavy (non-hydrogen) atoms. The second kappa shape index (κ2) is 3.65. The number of thiazole rings is 1. The summed E-state index contributed by atoms with van der Waals surface area (Å²) in [7, 11) is 0. The highest BCUT2D eigenvalue weighted by atomic mass is 32.1. The first-order valence-corrected chi connectivity index (χ1v) is 6.50. The van der Waals surface area contributed by atoms with Crippen LogP contribution in [0.4, 0.5) is 0 Å². The monoisotopic (exact) mass is 251 g/mol. The minimum Gasteiger partial charge on any atom is -0.290 e. The van der Waals surface area contributed by atoms with Crippen molar-refractivity contribution in [1.29, 1.82) is 0 Å². The van der Waals surface area contributed by atoms with Crippen molar-refractivity contribution in [3.8, 4) is 11.3 Å². The number of imidazole rings is 1. The Balaban J connectivity index is 2.00. The molecule has 0 unspecified atom stereocenters. The van der Waals surface area contributed by atoms with Gasteiger partial charge < -0.3 is 0 Å². The Morgan fingerprint density at radius 3 is 2.72 bits per heavy atom. The van der Waals surface area contributed by atoms with Gasteiger partial charge in [-0.25, -0.2) is 4.98 Å². The molecule has 0 radical (unpaired) electrons. The zero-order valence-electron chi connectivity index (χ0n) is 9.45. The maximum Gasteiger partial charge on any atom is 0.195 e. The molecule has 4 aromatic rings. The Kier molecular flexibility index (Phi) is 1.98. The first-order chi connectivity index (χ1) is 8.92. The average molecular weight is 251 g/mol. The van der Waals surface area contributed by atoms with Crippen molar-refractivity contribution in [3.63, 3.8) is 0 Å². The van der Waals surface area contributed by atoms with Gasteiger partial charge in [0.15, 0.2) is 4.96 Å². The zero-order chi connectivity index (χ0) is 11.9. The molecule has 0 N–H and O–H groups in total. The summed E-state index contributed by atoms with van der Waals surface area (Å²) in [6.07, 6.45) is 5.67. The Morgan fingerprint density at radius 1 is 1.00 bits per heavy atom. The molecule has 0 amide bonds. The molecule has 0 fully saturated rings. The van der Waals surface area contributed by atoms with Crippen LogP contribution < -0.4 is 0 Å². The van der Waals surface area contributed by atoms with Gasteiger partial charge in [-0.1, -0.05) is 23.5 Å². The maximum atomic E-state index is 4.67. The number of para-hydroxylation sites is 1. The van der Waals surface area contributed by atoms with E-state index in [1.807, 2.05) is 12.1 Å². The van der Waals surface area contributed by atoms with Crippen LogP contribution in [0.3, 0.4) is 0 Å². The number of pyridine rings is 1. The number of hydrogen-bond donors (Lipinski definition) is 0. The topological polar surface area (TPSA) is 30.2 Å². The highest BCUT2D eigenvalue weighted by Crippen LogP contribution is 2.28. The van der Waals surface area contributed by atoms with Crippen LogP contribution in [0, 0.1) is 0 Å². The fraction of sp³-hybridized carbons (Fsp3) is 0. The summed E-state index contributed by atoms with van der Waals surface area (Å²) < 4.78 is 3.41. The number of fused-ring (bicyclic) bond motifs is 3. The van der Waals surface area contributed by atoms with E-state index in [2.05, 4.69) is 44.8 Å². The Morgan fingerprint density at radius 2 is 1.83 bits per heavy atom. The van der Waals surface area contributed by atoms with Crippen LogP contribution in [-0.4, -0.2) is 14.4 Å². The third kappa shape index (κ3) is 1.36. The summed E-state index contributed by atoms with van der Waals surface area (Å²) in [5.41, 5.74) is 3.31. The van der Waals surface area contributed by atoms with Crippen molar-refractivity contribution in [2.24, 2.45) is 0 Å². The van der Waals surface area contributed by atoms with Crippen LogP contribution in [-0.2, 0) is 0 Å². The minimum atomic E-state index is 0.995. The van der Waals surface area contributed by atoms with Gasteiger partial charge in [0.05, 0.1) is 15.9 Å². The average Bonchev–Trinajstić information content (AvgIpc) is 2.97. The minimum absolute atomic E-state index is 0.995. The van der Waals surface area contributed by atoms with Gasteiger partial charge in [-0.15, -0.1) is 0 Å². The molecule has 0 aliphatic heterocycles. The van der Waals surface area contributed by atoms with Crippen molar-refractivity contribution in [2.45, 2.75) is 0 Å². The van der Waals surface area contributed by atoms with E-state index in [1.165, 1.54) is 10.2 Å². The first-order valence-electron chi connectivity index (χ1n) is 5.69. The normalized spacial score (nSPS) is 11.3. The van der Waals surface area contributed by atoms with E-state index in [0.29, 0.717) is 0 Å². The number of aromatic nitrogens is 3. The van der Waals surface area contributed by atoms with E-state index in [4.69, 9.17) is 0 Å². The summed E-state index contributed by atoms with van der Waals surface area (Å²) in [6, 6.07) is 12.3.